The van der Waals surface area contributed by atoms with Crippen LogP contribution in [-0.2, 0) is 4.79 Å². The number of carbonyl (C=O) groups excluding carboxylic acids is 1. The van der Waals surface area contributed by atoms with Gasteiger partial charge in [-0.25, -0.2) is 0 Å². The van der Waals surface area contributed by atoms with Crippen molar-refractivity contribution in [3.8, 4) is 0 Å². The summed E-state index contributed by atoms with van der Waals surface area (Å²) in [4.78, 5) is 12.2. The largest absolute Gasteiger partial charge is 0.409 e. The van der Waals surface area contributed by atoms with Crippen LogP contribution >= 0.6 is 0 Å². The third-order valence-corrected chi connectivity index (χ3v) is 4.13. The molecular formula is C14H27N3O2. The smallest absolute Gasteiger partial charge is 0.231 e. The van der Waals surface area contributed by atoms with Crippen LogP contribution in [0.1, 0.15) is 52.9 Å². The molecule has 1 aliphatic carbocycles. The van der Waals surface area contributed by atoms with E-state index < -0.39 is 5.92 Å². The molecule has 1 aliphatic rings. The molecule has 5 nitrogen and oxygen atoms in total. The van der Waals surface area contributed by atoms with Gasteiger partial charge in [0.25, 0.3) is 0 Å². The number of hydrogen-bond acceptors (Lipinski definition) is 3. The lowest BCUT2D eigenvalue weighted by atomic mass is 9.79. The number of rotatable bonds is 5. The highest BCUT2D eigenvalue weighted by Gasteiger charge is 2.30. The molecule has 0 saturated heterocycles. The Morgan fingerprint density at radius 2 is 2.16 bits per heavy atom. The fourth-order valence-corrected chi connectivity index (χ4v) is 2.93. The SMILES string of the molecule is CCCC(C(=O)NC1CCC(C)CC1C)C(N)=NO. The van der Waals surface area contributed by atoms with Gasteiger partial charge in [-0.1, -0.05) is 32.3 Å². The van der Waals surface area contributed by atoms with Gasteiger partial charge in [0, 0.05) is 6.04 Å². The van der Waals surface area contributed by atoms with Crippen molar-refractivity contribution in [1.29, 1.82) is 0 Å². The first-order valence-electron chi connectivity index (χ1n) is 7.27. The molecule has 0 radical (unpaired) electrons. The molecule has 4 N–H and O–H groups in total. The van der Waals surface area contributed by atoms with E-state index in [9.17, 15) is 4.79 Å². The molecule has 19 heavy (non-hydrogen) atoms. The Kier molecular flexibility index (Phi) is 6.12. The molecule has 110 valence electrons. The van der Waals surface area contributed by atoms with Gasteiger partial charge in [-0.05, 0) is 37.5 Å². The fraction of sp³-hybridized carbons (Fsp3) is 0.857. The summed E-state index contributed by atoms with van der Waals surface area (Å²) in [5.74, 6) is 0.613. The van der Waals surface area contributed by atoms with Crippen LogP contribution < -0.4 is 11.1 Å². The molecule has 5 heteroatoms. The van der Waals surface area contributed by atoms with E-state index in [0.717, 1.165) is 31.6 Å². The molecule has 0 heterocycles. The molecule has 4 atom stereocenters. The first kappa shape index (κ1) is 15.8. The highest BCUT2D eigenvalue weighted by Crippen LogP contribution is 2.28. The van der Waals surface area contributed by atoms with Crippen LogP contribution in [0.5, 0.6) is 0 Å². The Hall–Kier alpha value is -1.26. The van der Waals surface area contributed by atoms with Crippen LogP contribution in [0.15, 0.2) is 5.16 Å². The van der Waals surface area contributed by atoms with Crippen LogP contribution in [0.4, 0.5) is 0 Å². The second-order valence-corrected chi connectivity index (χ2v) is 5.88. The summed E-state index contributed by atoms with van der Waals surface area (Å²) in [6, 6.07) is 0.217. The highest BCUT2D eigenvalue weighted by atomic mass is 16.4. The van der Waals surface area contributed by atoms with E-state index in [1.807, 2.05) is 6.92 Å². The van der Waals surface area contributed by atoms with Gasteiger partial charge >= 0.3 is 0 Å². The Morgan fingerprint density at radius 3 is 2.68 bits per heavy atom. The lowest BCUT2D eigenvalue weighted by Crippen LogP contribution is -2.47. The fourth-order valence-electron chi connectivity index (χ4n) is 2.93. The summed E-state index contributed by atoms with van der Waals surface area (Å²) >= 11 is 0. The highest BCUT2D eigenvalue weighted by molar-refractivity contribution is 6.02. The van der Waals surface area contributed by atoms with Crippen LogP contribution in [0, 0.1) is 17.8 Å². The molecule has 0 aliphatic heterocycles. The van der Waals surface area contributed by atoms with Crippen molar-refractivity contribution in [2.24, 2.45) is 28.6 Å². The van der Waals surface area contributed by atoms with E-state index in [1.165, 1.54) is 0 Å². The summed E-state index contributed by atoms with van der Waals surface area (Å²) in [6.45, 7) is 6.42. The molecule has 0 bridgehead atoms. The van der Waals surface area contributed by atoms with Crippen LogP contribution in [0.25, 0.3) is 0 Å². The predicted octanol–water partition coefficient (Wildman–Crippen LogP) is 2.09. The first-order chi connectivity index (χ1) is 8.99. The molecule has 0 aromatic heterocycles. The summed E-state index contributed by atoms with van der Waals surface area (Å²) < 4.78 is 0. The zero-order valence-electron chi connectivity index (χ0n) is 12.2. The minimum atomic E-state index is -0.512. The number of amides is 1. The normalized spacial score (nSPS) is 29.8. The molecule has 0 spiro atoms. The monoisotopic (exact) mass is 269 g/mol. The molecule has 1 fully saturated rings. The summed E-state index contributed by atoms with van der Waals surface area (Å²) in [5.41, 5.74) is 5.61. The summed E-state index contributed by atoms with van der Waals surface area (Å²) in [7, 11) is 0. The minimum absolute atomic E-state index is 0.0104. The van der Waals surface area contributed by atoms with Gasteiger partial charge in [0.1, 0.15) is 0 Å². The topological polar surface area (TPSA) is 87.7 Å². The van der Waals surface area contributed by atoms with Crippen molar-refractivity contribution >= 4 is 11.7 Å². The molecule has 4 unspecified atom stereocenters. The van der Waals surface area contributed by atoms with E-state index in [2.05, 4.69) is 24.3 Å². The van der Waals surface area contributed by atoms with Gasteiger partial charge in [0.15, 0.2) is 5.84 Å². The zero-order chi connectivity index (χ0) is 14.4. The molecular weight excluding hydrogens is 242 g/mol. The van der Waals surface area contributed by atoms with Crippen molar-refractivity contribution in [2.45, 2.75) is 58.9 Å². The number of nitrogens with two attached hydrogens (primary N) is 1. The van der Waals surface area contributed by atoms with Crippen LogP contribution in [-0.4, -0.2) is 23.0 Å². The van der Waals surface area contributed by atoms with Gasteiger partial charge in [-0.2, -0.15) is 0 Å². The van der Waals surface area contributed by atoms with E-state index in [0.29, 0.717) is 12.3 Å². The third kappa shape index (κ3) is 4.40. The van der Waals surface area contributed by atoms with E-state index >= 15 is 0 Å². The molecule has 1 rings (SSSR count). The van der Waals surface area contributed by atoms with Crippen LogP contribution in [0.2, 0.25) is 0 Å². The average Bonchev–Trinajstić information content (AvgIpc) is 2.38. The number of amidine groups is 1. The number of oxime groups is 1. The maximum absolute atomic E-state index is 12.2. The number of carbonyl (C=O) groups is 1. The average molecular weight is 269 g/mol. The Labute approximate surface area is 115 Å². The predicted molar refractivity (Wildman–Crippen MR) is 75.9 cm³/mol. The minimum Gasteiger partial charge on any atom is -0.409 e. The lowest BCUT2D eigenvalue weighted by molar-refractivity contribution is -0.124. The van der Waals surface area contributed by atoms with Crippen LogP contribution in [0.3, 0.4) is 0 Å². The molecule has 0 aromatic rings. The summed E-state index contributed by atoms with van der Waals surface area (Å²) in [6.07, 6.45) is 4.75. The maximum atomic E-state index is 12.2. The zero-order valence-corrected chi connectivity index (χ0v) is 12.2. The Balaban J connectivity index is 2.61. The number of nitrogens with zero attached hydrogens (tertiary/aromatic N) is 1. The van der Waals surface area contributed by atoms with Crippen molar-refractivity contribution in [3.63, 3.8) is 0 Å². The van der Waals surface area contributed by atoms with Crippen molar-refractivity contribution in [2.75, 3.05) is 0 Å². The van der Waals surface area contributed by atoms with Gasteiger partial charge in [-0.15, -0.1) is 0 Å². The van der Waals surface area contributed by atoms with Gasteiger partial charge < -0.3 is 16.3 Å². The standard InChI is InChI=1S/C14H27N3O2/c1-4-5-11(13(15)17-19)14(18)16-12-7-6-9(2)8-10(12)3/h9-12,19H,4-8H2,1-3H3,(H2,15,17)(H,16,18). The van der Waals surface area contributed by atoms with Gasteiger partial charge in [-0.3, -0.25) is 4.79 Å². The molecule has 1 saturated carbocycles. The van der Waals surface area contributed by atoms with E-state index in [4.69, 9.17) is 10.9 Å². The Morgan fingerprint density at radius 1 is 1.47 bits per heavy atom. The number of nitrogens with one attached hydrogen (secondary N) is 1. The second kappa shape index (κ2) is 7.36. The van der Waals surface area contributed by atoms with Crippen molar-refractivity contribution in [1.82, 2.24) is 5.32 Å². The maximum Gasteiger partial charge on any atom is 0.231 e. The van der Waals surface area contributed by atoms with Gasteiger partial charge in [0.05, 0.1) is 5.92 Å². The Bertz CT molecular complexity index is 331. The quantitative estimate of drug-likeness (QED) is 0.309. The van der Waals surface area contributed by atoms with E-state index in [-0.39, 0.29) is 17.8 Å². The lowest BCUT2D eigenvalue weighted by Gasteiger charge is -2.34. The number of hydrogen-bond donors (Lipinski definition) is 3. The molecule has 0 aromatic carbocycles. The van der Waals surface area contributed by atoms with E-state index in [1.54, 1.807) is 0 Å². The summed E-state index contributed by atoms with van der Waals surface area (Å²) in [5, 5.41) is 14.8. The third-order valence-electron chi connectivity index (χ3n) is 4.13. The molecule has 1 amide bonds. The van der Waals surface area contributed by atoms with Gasteiger partial charge in [0.2, 0.25) is 5.91 Å². The first-order valence-corrected chi connectivity index (χ1v) is 7.27. The second-order valence-electron chi connectivity index (χ2n) is 5.88. The van der Waals surface area contributed by atoms with Crippen molar-refractivity contribution < 1.29 is 10.0 Å². The van der Waals surface area contributed by atoms with Crippen molar-refractivity contribution in [3.05, 3.63) is 0 Å².